The van der Waals surface area contributed by atoms with E-state index in [-0.39, 0.29) is 0 Å². The summed E-state index contributed by atoms with van der Waals surface area (Å²) in [6.45, 7) is 15.9. The normalized spacial score (nSPS) is 11.9. The van der Waals surface area contributed by atoms with Crippen molar-refractivity contribution >= 4 is 5.96 Å². The first-order valence-electron chi connectivity index (χ1n) is 10.9. The van der Waals surface area contributed by atoms with E-state index in [4.69, 9.17) is 9.52 Å². The third kappa shape index (κ3) is 6.60. The molecule has 0 amide bonds. The highest BCUT2D eigenvalue weighted by Crippen LogP contribution is 2.16. The van der Waals surface area contributed by atoms with E-state index in [2.05, 4.69) is 79.6 Å². The monoisotopic (exact) mass is 399 g/mol. The van der Waals surface area contributed by atoms with Gasteiger partial charge in [-0.05, 0) is 37.6 Å². The molecule has 1 aromatic heterocycles. The molecule has 1 aromatic carbocycles. The van der Waals surface area contributed by atoms with Gasteiger partial charge in [0.15, 0.2) is 5.96 Å². The standard InChI is InChI=1S/C23H37N5O/c1-6-21-20(22(7-2)29-27-21)16-26-23(24-8-3)25-15-18-13-11-12-14-19(18)17-28(9-4)10-5/h11-14H,6-10,15-17H2,1-5H3,(H2,24,25,26). The molecular weight excluding hydrogens is 362 g/mol. The number of benzene rings is 1. The van der Waals surface area contributed by atoms with Crippen LogP contribution in [0.3, 0.4) is 0 Å². The summed E-state index contributed by atoms with van der Waals surface area (Å²) in [5.41, 5.74) is 4.79. The van der Waals surface area contributed by atoms with Crippen LogP contribution in [0.5, 0.6) is 0 Å². The maximum absolute atomic E-state index is 5.48. The third-order valence-electron chi connectivity index (χ3n) is 5.20. The molecule has 0 saturated heterocycles. The molecule has 0 unspecified atom stereocenters. The van der Waals surface area contributed by atoms with Crippen molar-refractivity contribution in [2.24, 2.45) is 4.99 Å². The van der Waals surface area contributed by atoms with Gasteiger partial charge in [-0.3, -0.25) is 4.90 Å². The van der Waals surface area contributed by atoms with Crippen molar-refractivity contribution in [3.8, 4) is 0 Å². The fraction of sp³-hybridized carbons (Fsp3) is 0.565. The van der Waals surface area contributed by atoms with E-state index < -0.39 is 0 Å². The lowest BCUT2D eigenvalue weighted by Gasteiger charge is -2.20. The number of rotatable bonds is 11. The molecule has 0 aliphatic heterocycles. The highest BCUT2D eigenvalue weighted by atomic mass is 16.5. The Balaban J connectivity index is 2.11. The van der Waals surface area contributed by atoms with Gasteiger partial charge in [0, 0.05) is 31.6 Å². The van der Waals surface area contributed by atoms with Gasteiger partial charge in [-0.2, -0.15) is 0 Å². The predicted octanol–water partition coefficient (Wildman–Crippen LogP) is 3.90. The van der Waals surface area contributed by atoms with Crippen LogP contribution < -0.4 is 10.6 Å². The van der Waals surface area contributed by atoms with Crippen LogP contribution in [0.2, 0.25) is 0 Å². The van der Waals surface area contributed by atoms with E-state index in [0.717, 1.165) is 62.0 Å². The number of nitrogens with one attached hydrogen (secondary N) is 2. The maximum Gasteiger partial charge on any atom is 0.191 e. The van der Waals surface area contributed by atoms with Crippen molar-refractivity contribution < 1.29 is 4.52 Å². The lowest BCUT2D eigenvalue weighted by molar-refractivity contribution is 0.295. The molecule has 1 heterocycles. The fourth-order valence-corrected chi connectivity index (χ4v) is 3.37. The van der Waals surface area contributed by atoms with Crippen molar-refractivity contribution in [2.45, 2.75) is 67.1 Å². The number of hydrogen-bond donors (Lipinski definition) is 2. The van der Waals surface area contributed by atoms with Crippen LogP contribution in [0.1, 0.15) is 62.8 Å². The van der Waals surface area contributed by atoms with Gasteiger partial charge in [-0.15, -0.1) is 0 Å². The number of aliphatic imine (C=N–C) groups is 1. The molecule has 0 aliphatic rings. The van der Waals surface area contributed by atoms with Crippen LogP contribution in [0.25, 0.3) is 0 Å². The number of hydrogen-bond acceptors (Lipinski definition) is 4. The molecule has 0 atom stereocenters. The van der Waals surface area contributed by atoms with E-state index >= 15 is 0 Å². The lowest BCUT2D eigenvalue weighted by atomic mass is 10.1. The molecule has 6 nitrogen and oxygen atoms in total. The second-order valence-electron chi connectivity index (χ2n) is 7.02. The van der Waals surface area contributed by atoms with Crippen molar-refractivity contribution in [2.75, 3.05) is 19.6 Å². The molecule has 160 valence electrons. The second-order valence-corrected chi connectivity index (χ2v) is 7.02. The highest BCUT2D eigenvalue weighted by Gasteiger charge is 2.13. The number of nitrogens with zero attached hydrogens (tertiary/aromatic N) is 3. The Morgan fingerprint density at radius 2 is 1.72 bits per heavy atom. The quantitative estimate of drug-likeness (QED) is 0.443. The van der Waals surface area contributed by atoms with E-state index in [1.54, 1.807) is 0 Å². The zero-order valence-corrected chi connectivity index (χ0v) is 18.7. The Kier molecular flexibility index (Phi) is 9.71. The van der Waals surface area contributed by atoms with Crippen LogP contribution >= 0.6 is 0 Å². The molecule has 0 bridgehead atoms. The van der Waals surface area contributed by atoms with Crippen LogP contribution in [0, 0.1) is 0 Å². The molecule has 2 N–H and O–H groups in total. The summed E-state index contributed by atoms with van der Waals surface area (Å²) in [7, 11) is 0. The van der Waals surface area contributed by atoms with Crippen LogP contribution in [0.4, 0.5) is 0 Å². The SMILES string of the molecule is CCNC(=NCc1ccccc1CN(CC)CC)NCc1c(CC)noc1CC. The first-order chi connectivity index (χ1) is 14.2. The minimum atomic E-state index is 0.650. The van der Waals surface area contributed by atoms with Crippen LogP contribution in [0.15, 0.2) is 33.8 Å². The van der Waals surface area contributed by atoms with Crippen LogP contribution in [-0.4, -0.2) is 35.7 Å². The first-order valence-corrected chi connectivity index (χ1v) is 10.9. The number of aryl methyl sites for hydroxylation is 2. The summed E-state index contributed by atoms with van der Waals surface area (Å²) in [5.74, 6) is 1.77. The number of aromatic nitrogens is 1. The Morgan fingerprint density at radius 3 is 2.34 bits per heavy atom. The molecule has 2 rings (SSSR count). The summed E-state index contributed by atoms with van der Waals surface area (Å²) in [5, 5.41) is 11.0. The highest BCUT2D eigenvalue weighted by molar-refractivity contribution is 5.79. The van der Waals surface area contributed by atoms with Crippen molar-refractivity contribution in [3.63, 3.8) is 0 Å². The molecule has 0 aliphatic carbocycles. The maximum atomic E-state index is 5.48. The van der Waals surface area contributed by atoms with Gasteiger partial charge in [-0.1, -0.05) is 57.1 Å². The smallest absolute Gasteiger partial charge is 0.191 e. The minimum absolute atomic E-state index is 0.650. The van der Waals surface area contributed by atoms with E-state index in [1.807, 2.05) is 0 Å². The zero-order chi connectivity index (χ0) is 21.1. The Hall–Kier alpha value is -2.34. The Bertz CT molecular complexity index is 743. The van der Waals surface area contributed by atoms with Crippen molar-refractivity contribution in [1.29, 1.82) is 0 Å². The Morgan fingerprint density at radius 1 is 1.00 bits per heavy atom. The van der Waals surface area contributed by atoms with E-state index in [9.17, 15) is 0 Å². The topological polar surface area (TPSA) is 65.7 Å². The van der Waals surface area contributed by atoms with Crippen molar-refractivity contribution in [3.05, 3.63) is 52.4 Å². The second kappa shape index (κ2) is 12.3. The lowest BCUT2D eigenvalue weighted by Crippen LogP contribution is -2.37. The minimum Gasteiger partial charge on any atom is -0.361 e. The molecule has 29 heavy (non-hydrogen) atoms. The molecule has 0 spiro atoms. The molecule has 6 heteroatoms. The Labute approximate surface area is 175 Å². The van der Waals surface area contributed by atoms with E-state index in [1.165, 1.54) is 11.1 Å². The first kappa shape index (κ1) is 22.9. The summed E-state index contributed by atoms with van der Waals surface area (Å²) in [6.07, 6.45) is 1.71. The third-order valence-corrected chi connectivity index (χ3v) is 5.20. The van der Waals surface area contributed by atoms with Gasteiger partial charge in [0.2, 0.25) is 0 Å². The van der Waals surface area contributed by atoms with Gasteiger partial charge >= 0.3 is 0 Å². The average molecular weight is 400 g/mol. The van der Waals surface area contributed by atoms with Crippen LogP contribution in [-0.2, 0) is 32.5 Å². The van der Waals surface area contributed by atoms with Gasteiger partial charge in [0.25, 0.3) is 0 Å². The predicted molar refractivity (Wildman–Crippen MR) is 120 cm³/mol. The van der Waals surface area contributed by atoms with E-state index in [0.29, 0.717) is 13.1 Å². The zero-order valence-electron chi connectivity index (χ0n) is 18.7. The van der Waals surface area contributed by atoms with Gasteiger partial charge < -0.3 is 15.2 Å². The molecular formula is C23H37N5O. The largest absolute Gasteiger partial charge is 0.361 e. The molecule has 0 fully saturated rings. The summed E-state index contributed by atoms with van der Waals surface area (Å²) in [4.78, 5) is 7.27. The summed E-state index contributed by atoms with van der Waals surface area (Å²) < 4.78 is 5.48. The van der Waals surface area contributed by atoms with Gasteiger partial charge in [0.05, 0.1) is 12.2 Å². The average Bonchev–Trinajstić information content (AvgIpc) is 3.16. The summed E-state index contributed by atoms with van der Waals surface area (Å²) >= 11 is 0. The van der Waals surface area contributed by atoms with Gasteiger partial charge in [-0.25, -0.2) is 4.99 Å². The molecule has 2 aromatic rings. The van der Waals surface area contributed by atoms with Crippen molar-refractivity contribution in [1.82, 2.24) is 20.7 Å². The summed E-state index contributed by atoms with van der Waals surface area (Å²) in [6, 6.07) is 8.59. The fourth-order valence-electron chi connectivity index (χ4n) is 3.37. The molecule has 0 radical (unpaired) electrons. The number of guanidine groups is 1. The van der Waals surface area contributed by atoms with Gasteiger partial charge in [0.1, 0.15) is 5.76 Å². The molecule has 0 saturated carbocycles.